The maximum atomic E-state index is 4.71. The highest BCUT2D eigenvalue weighted by molar-refractivity contribution is 6.03. The molecular formula is C16H16N2. The lowest BCUT2D eigenvalue weighted by molar-refractivity contribution is 0.784. The van der Waals surface area contributed by atoms with E-state index >= 15 is 0 Å². The minimum absolute atomic E-state index is 0.488. The predicted molar refractivity (Wildman–Crippen MR) is 74.6 cm³/mol. The van der Waals surface area contributed by atoms with Gasteiger partial charge in [0.2, 0.25) is 0 Å². The average molecular weight is 236 g/mol. The van der Waals surface area contributed by atoms with Gasteiger partial charge >= 0.3 is 0 Å². The zero-order chi connectivity index (χ0) is 12.5. The van der Waals surface area contributed by atoms with E-state index in [-0.39, 0.29) is 0 Å². The largest absolute Gasteiger partial charge is 0.237 e. The van der Waals surface area contributed by atoms with Gasteiger partial charge in [0.15, 0.2) is 5.82 Å². The van der Waals surface area contributed by atoms with E-state index < -0.39 is 0 Å². The van der Waals surface area contributed by atoms with Crippen molar-refractivity contribution in [2.45, 2.75) is 26.2 Å². The van der Waals surface area contributed by atoms with E-state index in [9.17, 15) is 0 Å². The van der Waals surface area contributed by atoms with Crippen molar-refractivity contribution in [1.29, 1.82) is 0 Å². The molecule has 1 aliphatic heterocycles. The Morgan fingerprint density at radius 1 is 1.17 bits per heavy atom. The Morgan fingerprint density at radius 2 is 2.06 bits per heavy atom. The lowest BCUT2D eigenvalue weighted by Crippen LogP contribution is -2.11. The van der Waals surface area contributed by atoms with Crippen LogP contribution in [0.15, 0.2) is 47.6 Å². The van der Waals surface area contributed by atoms with Gasteiger partial charge in [-0.3, -0.25) is 0 Å². The molecule has 0 aliphatic carbocycles. The zero-order valence-corrected chi connectivity index (χ0v) is 10.7. The molecule has 2 heteroatoms. The minimum Gasteiger partial charge on any atom is -0.237 e. The molecule has 0 N–H and O–H groups in total. The van der Waals surface area contributed by atoms with Crippen LogP contribution in [0.5, 0.6) is 0 Å². The van der Waals surface area contributed by atoms with Crippen LogP contribution >= 0.6 is 0 Å². The van der Waals surface area contributed by atoms with Crippen molar-refractivity contribution in [2.24, 2.45) is 4.99 Å². The number of hydrogen-bond acceptors (Lipinski definition) is 2. The van der Waals surface area contributed by atoms with Crippen LogP contribution in [0.1, 0.15) is 36.0 Å². The molecule has 1 aromatic carbocycles. The first-order valence-corrected chi connectivity index (χ1v) is 6.33. The number of nitrogens with zero attached hydrogens (tertiary/aromatic N) is 2. The topological polar surface area (TPSA) is 25.2 Å². The van der Waals surface area contributed by atoms with Crippen LogP contribution < -0.4 is 0 Å². The number of aliphatic imine (C=N–C) groups is 1. The van der Waals surface area contributed by atoms with Gasteiger partial charge in [-0.1, -0.05) is 42.8 Å². The highest BCUT2D eigenvalue weighted by Crippen LogP contribution is 2.33. The van der Waals surface area contributed by atoms with Gasteiger partial charge < -0.3 is 0 Å². The second-order valence-corrected chi connectivity index (χ2v) is 4.95. The minimum atomic E-state index is 0.488. The van der Waals surface area contributed by atoms with Crippen LogP contribution in [0.3, 0.4) is 0 Å². The third-order valence-corrected chi connectivity index (χ3v) is 3.44. The Bertz CT molecular complexity index is 614. The summed E-state index contributed by atoms with van der Waals surface area (Å²) in [4.78, 5) is 9.09. The Labute approximate surface area is 107 Å². The summed E-state index contributed by atoms with van der Waals surface area (Å²) in [5.74, 6) is 1.37. The SMILES string of the molecule is Cc1cccc(C2=Nc3ncccc3C(C)C2)c1. The molecule has 1 aromatic heterocycles. The monoisotopic (exact) mass is 236 g/mol. The molecule has 1 aliphatic rings. The van der Waals surface area contributed by atoms with E-state index in [1.807, 2.05) is 12.3 Å². The fourth-order valence-electron chi connectivity index (χ4n) is 2.47. The van der Waals surface area contributed by atoms with Crippen LogP contribution in [0.2, 0.25) is 0 Å². The van der Waals surface area contributed by atoms with Crippen molar-refractivity contribution >= 4 is 11.5 Å². The van der Waals surface area contributed by atoms with E-state index in [1.54, 1.807) is 0 Å². The standard InChI is InChI=1S/C16H16N2/c1-11-5-3-6-13(9-11)15-10-12(2)14-7-4-8-17-16(14)18-15/h3-9,12H,10H2,1-2H3. The number of rotatable bonds is 1. The van der Waals surface area contributed by atoms with E-state index in [0.29, 0.717) is 5.92 Å². The molecule has 2 nitrogen and oxygen atoms in total. The van der Waals surface area contributed by atoms with Crippen molar-refractivity contribution in [3.05, 3.63) is 59.3 Å². The molecule has 0 radical (unpaired) electrons. The van der Waals surface area contributed by atoms with Gasteiger partial charge in [0.1, 0.15) is 0 Å². The summed E-state index contributed by atoms with van der Waals surface area (Å²) in [5.41, 5.74) is 4.90. The van der Waals surface area contributed by atoms with Crippen molar-refractivity contribution in [3.8, 4) is 0 Å². The molecular weight excluding hydrogens is 220 g/mol. The molecule has 0 spiro atoms. The zero-order valence-electron chi connectivity index (χ0n) is 10.7. The third-order valence-electron chi connectivity index (χ3n) is 3.44. The summed E-state index contributed by atoms with van der Waals surface area (Å²) in [7, 11) is 0. The van der Waals surface area contributed by atoms with Crippen molar-refractivity contribution in [1.82, 2.24) is 4.98 Å². The molecule has 2 aromatic rings. The third kappa shape index (κ3) is 1.94. The Morgan fingerprint density at radius 3 is 2.89 bits per heavy atom. The van der Waals surface area contributed by atoms with Crippen molar-refractivity contribution < 1.29 is 0 Å². The van der Waals surface area contributed by atoms with E-state index in [0.717, 1.165) is 18.0 Å². The first-order chi connectivity index (χ1) is 8.74. The first kappa shape index (κ1) is 11.1. The van der Waals surface area contributed by atoms with Gasteiger partial charge in [-0.2, -0.15) is 0 Å². The number of aromatic nitrogens is 1. The van der Waals surface area contributed by atoms with Gasteiger partial charge in [-0.05, 0) is 36.5 Å². The summed E-state index contributed by atoms with van der Waals surface area (Å²) in [5, 5.41) is 0. The summed E-state index contributed by atoms with van der Waals surface area (Å²) in [6.07, 6.45) is 2.80. The van der Waals surface area contributed by atoms with Gasteiger partial charge in [0.25, 0.3) is 0 Å². The molecule has 3 rings (SSSR count). The first-order valence-electron chi connectivity index (χ1n) is 6.33. The second-order valence-electron chi connectivity index (χ2n) is 4.95. The Kier molecular flexibility index (Phi) is 2.71. The number of hydrogen-bond donors (Lipinski definition) is 0. The molecule has 0 saturated heterocycles. The molecule has 18 heavy (non-hydrogen) atoms. The summed E-state index contributed by atoms with van der Waals surface area (Å²) in [6, 6.07) is 12.6. The highest BCUT2D eigenvalue weighted by atomic mass is 14.9. The van der Waals surface area contributed by atoms with Crippen molar-refractivity contribution in [2.75, 3.05) is 0 Å². The van der Waals surface area contributed by atoms with Crippen LogP contribution in [0.25, 0.3) is 0 Å². The van der Waals surface area contributed by atoms with Crippen molar-refractivity contribution in [3.63, 3.8) is 0 Å². The van der Waals surface area contributed by atoms with Crippen LogP contribution in [0.4, 0.5) is 5.82 Å². The number of benzene rings is 1. The van der Waals surface area contributed by atoms with Crippen LogP contribution in [-0.2, 0) is 0 Å². The Balaban J connectivity index is 2.08. The molecule has 90 valence electrons. The lowest BCUT2D eigenvalue weighted by atomic mass is 9.90. The number of fused-ring (bicyclic) bond motifs is 1. The molecule has 1 atom stereocenters. The maximum absolute atomic E-state index is 4.71. The quantitative estimate of drug-likeness (QED) is 0.734. The van der Waals surface area contributed by atoms with E-state index in [4.69, 9.17) is 4.99 Å². The number of aryl methyl sites for hydroxylation is 1. The van der Waals surface area contributed by atoms with Gasteiger partial charge in [0.05, 0.1) is 5.71 Å². The fraction of sp³-hybridized carbons (Fsp3) is 0.250. The Hall–Kier alpha value is -1.96. The summed E-state index contributed by atoms with van der Waals surface area (Å²) < 4.78 is 0. The molecule has 0 amide bonds. The fourth-order valence-corrected chi connectivity index (χ4v) is 2.47. The maximum Gasteiger partial charge on any atom is 0.155 e. The second kappa shape index (κ2) is 4.37. The van der Waals surface area contributed by atoms with Gasteiger partial charge in [-0.15, -0.1) is 0 Å². The summed E-state index contributed by atoms with van der Waals surface area (Å²) >= 11 is 0. The predicted octanol–water partition coefficient (Wildman–Crippen LogP) is 4.02. The lowest BCUT2D eigenvalue weighted by Gasteiger charge is -2.21. The average Bonchev–Trinajstić information content (AvgIpc) is 2.39. The number of pyridine rings is 1. The molecule has 0 saturated carbocycles. The van der Waals surface area contributed by atoms with Gasteiger partial charge in [0, 0.05) is 6.20 Å². The molecule has 2 heterocycles. The highest BCUT2D eigenvalue weighted by Gasteiger charge is 2.20. The van der Waals surface area contributed by atoms with Crippen LogP contribution in [-0.4, -0.2) is 10.7 Å². The van der Waals surface area contributed by atoms with Gasteiger partial charge in [-0.25, -0.2) is 9.98 Å². The smallest absolute Gasteiger partial charge is 0.155 e. The molecule has 0 fully saturated rings. The van der Waals surface area contributed by atoms with E-state index in [2.05, 4.69) is 49.2 Å². The molecule has 0 bridgehead atoms. The van der Waals surface area contributed by atoms with Crippen LogP contribution in [0, 0.1) is 6.92 Å². The molecule has 1 unspecified atom stereocenters. The van der Waals surface area contributed by atoms with E-state index in [1.165, 1.54) is 16.7 Å². The summed E-state index contributed by atoms with van der Waals surface area (Å²) in [6.45, 7) is 4.35. The normalized spacial score (nSPS) is 18.1.